The topological polar surface area (TPSA) is 67.4 Å². The zero-order chi connectivity index (χ0) is 15.9. The van der Waals surface area contributed by atoms with Gasteiger partial charge in [0, 0.05) is 11.7 Å². The highest BCUT2D eigenvalue weighted by molar-refractivity contribution is 7.92. The molecule has 0 spiro atoms. The molecule has 2 N–H and O–H groups in total. The van der Waals surface area contributed by atoms with Crippen molar-refractivity contribution in [3.8, 4) is 5.75 Å². The molecule has 1 aromatic rings. The van der Waals surface area contributed by atoms with Crippen LogP contribution in [0.1, 0.15) is 32.3 Å². The van der Waals surface area contributed by atoms with Crippen LogP contribution in [0.5, 0.6) is 5.75 Å². The van der Waals surface area contributed by atoms with Crippen molar-refractivity contribution in [1.29, 1.82) is 0 Å². The summed E-state index contributed by atoms with van der Waals surface area (Å²) >= 11 is 0. The fourth-order valence-corrected chi connectivity index (χ4v) is 3.15. The number of anilines is 1. The molecule has 5 nitrogen and oxygen atoms in total. The minimum atomic E-state index is -3.29. The van der Waals surface area contributed by atoms with Crippen LogP contribution >= 0.6 is 0 Å². The van der Waals surface area contributed by atoms with Gasteiger partial charge in [-0.25, -0.2) is 8.42 Å². The Bertz CT molecular complexity index is 542. The Morgan fingerprint density at radius 2 is 1.95 bits per heavy atom. The van der Waals surface area contributed by atoms with Gasteiger partial charge in [-0.1, -0.05) is 13.8 Å². The number of rotatable bonds is 9. The lowest BCUT2D eigenvalue weighted by Gasteiger charge is -2.11. The first kappa shape index (κ1) is 17.8. The molecule has 21 heavy (non-hydrogen) atoms. The van der Waals surface area contributed by atoms with Crippen LogP contribution in [0.4, 0.5) is 5.69 Å². The molecular formula is C15H26N2O3S. The van der Waals surface area contributed by atoms with E-state index in [-0.39, 0.29) is 5.75 Å². The van der Waals surface area contributed by atoms with E-state index in [0.717, 1.165) is 24.3 Å². The van der Waals surface area contributed by atoms with Crippen LogP contribution in [-0.2, 0) is 10.0 Å². The Kier molecular flexibility index (Phi) is 6.98. The fourth-order valence-electron chi connectivity index (χ4n) is 1.98. The van der Waals surface area contributed by atoms with Gasteiger partial charge in [0.25, 0.3) is 0 Å². The number of unbranched alkanes of at least 4 members (excludes halogenated alkanes) is 1. The van der Waals surface area contributed by atoms with Crippen LogP contribution < -0.4 is 14.8 Å². The monoisotopic (exact) mass is 314 g/mol. The predicted molar refractivity (Wildman–Crippen MR) is 87.5 cm³/mol. The number of methoxy groups -OCH3 is 1. The Labute approximate surface area is 128 Å². The van der Waals surface area contributed by atoms with Gasteiger partial charge < -0.3 is 10.1 Å². The minimum Gasteiger partial charge on any atom is -0.496 e. The maximum atomic E-state index is 12.0. The van der Waals surface area contributed by atoms with Gasteiger partial charge in [-0.05, 0) is 50.1 Å². The van der Waals surface area contributed by atoms with E-state index in [2.05, 4.69) is 23.9 Å². The van der Waals surface area contributed by atoms with Crippen LogP contribution in [-0.4, -0.2) is 33.9 Å². The third kappa shape index (κ3) is 6.82. The van der Waals surface area contributed by atoms with Gasteiger partial charge in [0.05, 0.1) is 12.9 Å². The van der Waals surface area contributed by atoms with Gasteiger partial charge in [0.2, 0.25) is 10.0 Å². The van der Waals surface area contributed by atoms with Crippen molar-refractivity contribution in [2.24, 2.45) is 0 Å². The number of sulfonamides is 1. The first-order valence-corrected chi connectivity index (χ1v) is 8.88. The lowest BCUT2D eigenvalue weighted by molar-refractivity contribution is 0.412. The average Bonchev–Trinajstić information content (AvgIpc) is 2.37. The summed E-state index contributed by atoms with van der Waals surface area (Å²) in [6.45, 7) is 6.87. The van der Waals surface area contributed by atoms with Gasteiger partial charge in [0.1, 0.15) is 5.75 Å². The van der Waals surface area contributed by atoms with Crippen LogP contribution in [0.15, 0.2) is 18.2 Å². The van der Waals surface area contributed by atoms with Crippen molar-refractivity contribution in [2.75, 3.05) is 24.1 Å². The molecule has 0 unspecified atom stereocenters. The van der Waals surface area contributed by atoms with Gasteiger partial charge in [-0.3, -0.25) is 4.72 Å². The molecule has 0 aliphatic heterocycles. The van der Waals surface area contributed by atoms with Crippen molar-refractivity contribution >= 4 is 15.7 Å². The maximum Gasteiger partial charge on any atom is 0.232 e. The second-order valence-electron chi connectivity index (χ2n) is 5.42. The Morgan fingerprint density at radius 3 is 2.52 bits per heavy atom. The van der Waals surface area contributed by atoms with Crippen molar-refractivity contribution < 1.29 is 13.2 Å². The summed E-state index contributed by atoms with van der Waals surface area (Å²) in [6, 6.07) is 5.68. The van der Waals surface area contributed by atoms with Crippen molar-refractivity contribution in [1.82, 2.24) is 5.32 Å². The van der Waals surface area contributed by atoms with Gasteiger partial charge in [-0.2, -0.15) is 0 Å². The first-order chi connectivity index (χ1) is 9.84. The van der Waals surface area contributed by atoms with E-state index in [1.807, 2.05) is 6.92 Å². The average molecular weight is 314 g/mol. The van der Waals surface area contributed by atoms with Crippen LogP contribution in [0.2, 0.25) is 0 Å². The summed E-state index contributed by atoms with van der Waals surface area (Å²) < 4.78 is 31.8. The molecule has 0 amide bonds. The van der Waals surface area contributed by atoms with Crippen molar-refractivity contribution in [2.45, 2.75) is 39.7 Å². The first-order valence-electron chi connectivity index (χ1n) is 7.22. The fraction of sp³-hybridized carbons (Fsp3) is 0.600. The van der Waals surface area contributed by atoms with Crippen LogP contribution in [0, 0.1) is 6.92 Å². The molecule has 0 fully saturated rings. The third-order valence-corrected chi connectivity index (χ3v) is 4.43. The molecule has 0 saturated heterocycles. The Morgan fingerprint density at radius 1 is 1.24 bits per heavy atom. The SMILES string of the molecule is COc1ccc(NS(=O)(=O)CCCCNC(C)C)cc1C. The molecule has 0 aliphatic rings. The van der Waals surface area contributed by atoms with E-state index in [9.17, 15) is 8.42 Å². The van der Waals surface area contributed by atoms with E-state index >= 15 is 0 Å². The molecule has 0 radical (unpaired) electrons. The summed E-state index contributed by atoms with van der Waals surface area (Å²) in [4.78, 5) is 0. The van der Waals surface area contributed by atoms with Crippen molar-refractivity contribution in [3.63, 3.8) is 0 Å². The summed E-state index contributed by atoms with van der Waals surface area (Å²) in [7, 11) is -1.70. The molecule has 0 saturated carbocycles. The highest BCUT2D eigenvalue weighted by Gasteiger charge is 2.11. The van der Waals surface area contributed by atoms with Crippen LogP contribution in [0.25, 0.3) is 0 Å². The molecule has 0 aliphatic carbocycles. The second-order valence-corrected chi connectivity index (χ2v) is 7.26. The molecular weight excluding hydrogens is 288 g/mol. The Balaban J connectivity index is 2.47. The van der Waals surface area contributed by atoms with E-state index < -0.39 is 10.0 Å². The van der Waals surface area contributed by atoms with E-state index in [1.54, 1.807) is 25.3 Å². The second kappa shape index (κ2) is 8.24. The predicted octanol–water partition coefficient (Wildman–Crippen LogP) is 2.52. The minimum absolute atomic E-state index is 0.137. The zero-order valence-electron chi connectivity index (χ0n) is 13.3. The molecule has 0 aromatic heterocycles. The summed E-state index contributed by atoms with van der Waals surface area (Å²) in [5.74, 6) is 0.885. The maximum absolute atomic E-state index is 12.0. The molecule has 120 valence electrons. The largest absolute Gasteiger partial charge is 0.496 e. The Hall–Kier alpha value is -1.27. The van der Waals surface area contributed by atoms with E-state index in [0.29, 0.717) is 18.2 Å². The molecule has 6 heteroatoms. The van der Waals surface area contributed by atoms with E-state index in [1.165, 1.54) is 0 Å². The highest BCUT2D eigenvalue weighted by atomic mass is 32.2. The lowest BCUT2D eigenvalue weighted by atomic mass is 10.2. The smallest absolute Gasteiger partial charge is 0.232 e. The van der Waals surface area contributed by atoms with Crippen molar-refractivity contribution in [3.05, 3.63) is 23.8 Å². The molecule has 0 atom stereocenters. The zero-order valence-corrected chi connectivity index (χ0v) is 14.1. The number of nitrogens with one attached hydrogen (secondary N) is 2. The third-order valence-electron chi connectivity index (χ3n) is 3.06. The standard InChI is InChI=1S/C15H26N2O3S/c1-12(2)16-9-5-6-10-21(18,19)17-14-7-8-15(20-4)13(3)11-14/h7-8,11-12,16-17H,5-6,9-10H2,1-4H3. The summed E-state index contributed by atoms with van der Waals surface area (Å²) in [6.07, 6.45) is 1.49. The van der Waals surface area contributed by atoms with E-state index in [4.69, 9.17) is 4.74 Å². The van der Waals surface area contributed by atoms with Gasteiger partial charge in [-0.15, -0.1) is 0 Å². The molecule has 1 aromatic carbocycles. The van der Waals surface area contributed by atoms with Crippen LogP contribution in [0.3, 0.4) is 0 Å². The number of benzene rings is 1. The number of aryl methyl sites for hydroxylation is 1. The molecule has 0 bridgehead atoms. The highest BCUT2D eigenvalue weighted by Crippen LogP contribution is 2.22. The lowest BCUT2D eigenvalue weighted by Crippen LogP contribution is -2.24. The van der Waals surface area contributed by atoms with Gasteiger partial charge in [0.15, 0.2) is 0 Å². The summed E-state index contributed by atoms with van der Waals surface area (Å²) in [5.41, 5.74) is 1.48. The number of ether oxygens (including phenoxy) is 1. The summed E-state index contributed by atoms with van der Waals surface area (Å²) in [5, 5.41) is 3.27. The molecule has 0 heterocycles. The number of hydrogen-bond donors (Lipinski definition) is 2. The quantitative estimate of drug-likeness (QED) is 0.687. The normalized spacial score (nSPS) is 11.7. The van der Waals surface area contributed by atoms with Gasteiger partial charge >= 0.3 is 0 Å². The molecule has 1 rings (SSSR count). The number of hydrogen-bond acceptors (Lipinski definition) is 4.